The van der Waals surface area contributed by atoms with Gasteiger partial charge >= 0.3 is 0 Å². The smallest absolute Gasteiger partial charge is 0.188 e. The van der Waals surface area contributed by atoms with Crippen molar-refractivity contribution in [1.82, 2.24) is 0 Å². The minimum Gasteiger partial charge on any atom is -0.289 e. The molecule has 0 N–H and O–H groups in total. The number of allylic oxidation sites excluding steroid dienone is 2. The lowest BCUT2D eigenvalue weighted by Gasteiger charge is -2.05. The van der Waals surface area contributed by atoms with E-state index < -0.39 is 0 Å². The molecule has 0 amide bonds. The normalized spacial score (nSPS) is 14.3. The Hall–Kier alpha value is -2.48. The van der Waals surface area contributed by atoms with Crippen LogP contribution in [0.4, 0.5) is 5.69 Å². The van der Waals surface area contributed by atoms with Gasteiger partial charge in [-0.15, -0.1) is 0 Å². The van der Waals surface area contributed by atoms with Gasteiger partial charge in [0.2, 0.25) is 0 Å². The van der Waals surface area contributed by atoms with Crippen LogP contribution in [-0.4, -0.2) is 5.78 Å². The van der Waals surface area contributed by atoms with E-state index in [0.29, 0.717) is 0 Å². The fourth-order valence-electron chi connectivity index (χ4n) is 2.58. The van der Waals surface area contributed by atoms with Crippen LogP contribution in [0.5, 0.6) is 0 Å². The van der Waals surface area contributed by atoms with Crippen molar-refractivity contribution in [2.24, 2.45) is 4.99 Å². The molecule has 0 aromatic heterocycles. The van der Waals surface area contributed by atoms with Gasteiger partial charge in [-0.2, -0.15) is 0 Å². The average molecular weight is 231 g/mol. The molecule has 2 heteroatoms. The first-order valence-electron chi connectivity index (χ1n) is 5.88. The number of nitrogens with zero attached hydrogens (tertiary/aromatic N) is 1. The van der Waals surface area contributed by atoms with Crippen molar-refractivity contribution in [3.05, 3.63) is 75.1 Å². The summed E-state index contributed by atoms with van der Waals surface area (Å²) in [6.45, 7) is 0. The molecule has 2 aromatic carbocycles. The number of carbonyl (C=O) groups excluding carboxylic acids is 1. The zero-order chi connectivity index (χ0) is 12.1. The van der Waals surface area contributed by atoms with Crippen LogP contribution in [0.2, 0.25) is 0 Å². The molecule has 0 fully saturated rings. The number of benzene rings is 2. The van der Waals surface area contributed by atoms with Crippen LogP contribution in [0.1, 0.15) is 10.4 Å². The van der Waals surface area contributed by atoms with Crippen molar-refractivity contribution in [2.45, 2.75) is 0 Å². The molecule has 84 valence electrons. The highest BCUT2D eigenvalue weighted by Gasteiger charge is 2.16. The first-order chi connectivity index (χ1) is 8.84. The molecule has 0 spiro atoms. The maximum Gasteiger partial charge on any atom is 0.188 e. The third kappa shape index (κ3) is 1.12. The Balaban J connectivity index is 2.29. The van der Waals surface area contributed by atoms with E-state index in [0.717, 1.165) is 32.3 Å². The summed E-state index contributed by atoms with van der Waals surface area (Å²) in [5.74, 6) is 0.0425. The lowest BCUT2D eigenvalue weighted by molar-refractivity contribution is 0.104. The van der Waals surface area contributed by atoms with Crippen LogP contribution in [0.15, 0.2) is 53.5 Å². The highest BCUT2D eigenvalue weighted by atomic mass is 16.1. The van der Waals surface area contributed by atoms with Gasteiger partial charge in [-0.3, -0.25) is 4.79 Å². The fraction of sp³-hybridized carbons (Fsp3) is 0. The van der Waals surface area contributed by atoms with Crippen molar-refractivity contribution in [2.75, 3.05) is 0 Å². The third-order valence-corrected chi connectivity index (χ3v) is 3.41. The van der Waals surface area contributed by atoms with E-state index in [2.05, 4.69) is 4.99 Å². The zero-order valence-electron chi connectivity index (χ0n) is 9.55. The molecule has 1 aliphatic heterocycles. The number of rotatable bonds is 0. The summed E-state index contributed by atoms with van der Waals surface area (Å²) in [6.07, 6.45) is 5.34. The summed E-state index contributed by atoms with van der Waals surface area (Å²) in [5.41, 5.74) is 1.55. The summed E-state index contributed by atoms with van der Waals surface area (Å²) in [5, 5.41) is 4.07. The van der Waals surface area contributed by atoms with Gasteiger partial charge in [0.05, 0.1) is 16.6 Å². The van der Waals surface area contributed by atoms with Gasteiger partial charge in [0.1, 0.15) is 0 Å². The van der Waals surface area contributed by atoms with Crippen LogP contribution in [0.25, 0.3) is 6.08 Å². The van der Waals surface area contributed by atoms with E-state index in [1.54, 1.807) is 12.2 Å². The molecule has 4 rings (SSSR count). The van der Waals surface area contributed by atoms with E-state index in [1.165, 1.54) is 0 Å². The van der Waals surface area contributed by atoms with Gasteiger partial charge in [-0.1, -0.05) is 42.5 Å². The summed E-state index contributed by atoms with van der Waals surface area (Å²) in [4.78, 5) is 16.6. The Morgan fingerprint density at radius 1 is 0.944 bits per heavy atom. The largest absolute Gasteiger partial charge is 0.289 e. The lowest BCUT2D eigenvalue weighted by atomic mass is 10.00. The number of hydrogen-bond donors (Lipinski definition) is 0. The van der Waals surface area contributed by atoms with Crippen molar-refractivity contribution in [3.63, 3.8) is 0 Å². The monoisotopic (exact) mass is 231 g/mol. The molecule has 0 unspecified atom stereocenters. The predicted octanol–water partition coefficient (Wildman–Crippen LogP) is 1.77. The summed E-state index contributed by atoms with van der Waals surface area (Å²) in [6, 6.07) is 12.0. The molecule has 0 atom stereocenters. The number of para-hydroxylation sites is 1. The van der Waals surface area contributed by atoms with E-state index >= 15 is 0 Å². The lowest BCUT2D eigenvalue weighted by Crippen LogP contribution is -2.16. The standard InChI is InChI=1S/C16H9NO/c18-14-7-3-4-10-8-9-12-11-5-1-2-6-13(11)17-16(12)15(10)14/h1-9H. The Kier molecular flexibility index (Phi) is 1.73. The van der Waals surface area contributed by atoms with Crippen LogP contribution in [0, 0.1) is 10.4 Å². The average Bonchev–Trinajstić information content (AvgIpc) is 2.77. The number of carbonyl (C=O) groups is 1. The molecular formula is C16H9NO. The summed E-state index contributed by atoms with van der Waals surface area (Å²) < 4.78 is 0. The Bertz CT molecular complexity index is 936. The maximum absolute atomic E-state index is 12.0. The van der Waals surface area contributed by atoms with E-state index in [-0.39, 0.29) is 5.78 Å². The van der Waals surface area contributed by atoms with E-state index in [9.17, 15) is 4.79 Å². The van der Waals surface area contributed by atoms with Crippen LogP contribution >= 0.6 is 0 Å². The molecule has 2 aliphatic rings. The van der Waals surface area contributed by atoms with Gasteiger partial charge in [0.15, 0.2) is 5.78 Å². The number of hydrogen-bond acceptors (Lipinski definition) is 2. The minimum atomic E-state index is 0.0425. The van der Waals surface area contributed by atoms with E-state index in [4.69, 9.17) is 0 Å². The fourth-order valence-corrected chi connectivity index (χ4v) is 2.58. The van der Waals surface area contributed by atoms with Crippen molar-refractivity contribution >= 4 is 17.5 Å². The molecule has 2 aromatic rings. The zero-order valence-corrected chi connectivity index (χ0v) is 9.55. The summed E-state index contributed by atoms with van der Waals surface area (Å²) >= 11 is 0. The first-order valence-corrected chi connectivity index (χ1v) is 5.88. The molecule has 0 bridgehead atoms. The maximum atomic E-state index is 12.0. The molecular weight excluding hydrogens is 222 g/mol. The topological polar surface area (TPSA) is 29.4 Å². The highest BCUT2D eigenvalue weighted by molar-refractivity contribution is 6.10. The second-order valence-electron chi connectivity index (χ2n) is 4.44. The third-order valence-electron chi connectivity index (χ3n) is 3.41. The van der Waals surface area contributed by atoms with Gasteiger partial charge in [-0.25, -0.2) is 4.99 Å². The molecule has 0 saturated carbocycles. The summed E-state index contributed by atoms with van der Waals surface area (Å²) in [7, 11) is 0. The molecule has 1 aliphatic carbocycles. The van der Waals surface area contributed by atoms with Crippen LogP contribution < -0.4 is 10.6 Å². The van der Waals surface area contributed by atoms with E-state index in [1.807, 2.05) is 42.5 Å². The van der Waals surface area contributed by atoms with Crippen LogP contribution in [-0.2, 0) is 0 Å². The van der Waals surface area contributed by atoms with Gasteiger partial charge < -0.3 is 0 Å². The Morgan fingerprint density at radius 2 is 1.83 bits per heavy atom. The SMILES string of the molecule is O=C1C=CC=c2ccc3c(c21)N=c1ccccc1=3. The number of fused-ring (bicyclic) bond motifs is 4. The Labute approximate surface area is 103 Å². The first kappa shape index (κ1) is 9.54. The second kappa shape index (κ2) is 3.26. The Morgan fingerprint density at radius 3 is 2.78 bits per heavy atom. The quantitative estimate of drug-likeness (QED) is 0.580. The van der Waals surface area contributed by atoms with Gasteiger partial charge in [0.25, 0.3) is 0 Å². The van der Waals surface area contributed by atoms with Crippen molar-refractivity contribution in [1.29, 1.82) is 0 Å². The minimum absolute atomic E-state index is 0.0425. The molecule has 0 saturated heterocycles. The molecule has 0 radical (unpaired) electrons. The molecule has 18 heavy (non-hydrogen) atoms. The molecule has 2 nitrogen and oxygen atoms in total. The van der Waals surface area contributed by atoms with Gasteiger partial charge in [0, 0.05) is 10.4 Å². The highest BCUT2D eigenvalue weighted by Crippen LogP contribution is 2.22. The van der Waals surface area contributed by atoms with Crippen molar-refractivity contribution < 1.29 is 4.79 Å². The number of ketones is 1. The van der Waals surface area contributed by atoms with Gasteiger partial charge in [-0.05, 0) is 17.4 Å². The second-order valence-corrected chi connectivity index (χ2v) is 4.44. The van der Waals surface area contributed by atoms with Crippen molar-refractivity contribution in [3.8, 4) is 0 Å². The molecule has 1 heterocycles. The predicted molar refractivity (Wildman–Crippen MR) is 68.9 cm³/mol. The van der Waals surface area contributed by atoms with Crippen LogP contribution in [0.3, 0.4) is 0 Å².